The molecule has 4 N–H and O–H groups in total. The maximum Gasteiger partial charge on any atom is 0.267 e. The molecule has 0 aliphatic heterocycles. The van der Waals surface area contributed by atoms with Gasteiger partial charge in [0.15, 0.2) is 23.5 Å². The summed E-state index contributed by atoms with van der Waals surface area (Å²) in [5, 5.41) is 27.2. The van der Waals surface area contributed by atoms with E-state index in [2.05, 4.69) is 51.5 Å². The molecule has 0 aliphatic carbocycles. The molecule has 22 heteroatoms. The molecule has 8 rings (SSSR count). The molecule has 8 aromatic rings. The Kier molecular flexibility index (Phi) is 19.0. The van der Waals surface area contributed by atoms with Crippen molar-refractivity contribution in [2.75, 3.05) is 5.32 Å². The quantitative estimate of drug-likeness (QED) is 0.0275. The summed E-state index contributed by atoms with van der Waals surface area (Å²) < 4.78 is 48.4. The second-order valence-electron chi connectivity index (χ2n) is 13.2. The SMILES string of the molecule is CC(Br)c1nc(-c2ccc(Cl)cc2)no1.CC(Oc1ccc(F)c(NC=O)c1F)c1nc(-c2ccc(Cl)cc2)no1.CCc1nc(-c2ccc(Cl)cc2)no1.N/C(=N/O)c1ccc(Cl)cc1. The Morgan fingerprint density at radius 1 is 0.727 bits per heavy atom. The van der Waals surface area contributed by atoms with Gasteiger partial charge in [-0.05, 0) is 123 Å². The molecule has 0 fully saturated rings. The standard InChI is InChI=1S/C17H12ClF2N3O3.C10H8BrClN2O.C10H9ClN2O.C7H7ClN2O/c1-9(25-13-7-6-12(19)15(14(13)20)21-8-24)17-22-16(23-26-17)10-2-4-11(18)5-3-10;1-6(11)10-13-9(14-15-10)7-2-4-8(12)5-3-7;1-2-9-12-10(13-14-9)7-3-5-8(11)6-4-7;8-6-3-1-5(2-4-6)7(9)10-11/h2-9H,1H3,(H,21,24);2-6H,1H3;3-6H,2H2,1H3;1-4,11H,(H2,9,10). The lowest BCUT2D eigenvalue weighted by atomic mass is 10.2. The van der Waals surface area contributed by atoms with Gasteiger partial charge in [-0.25, -0.2) is 8.78 Å². The van der Waals surface area contributed by atoms with Gasteiger partial charge in [-0.3, -0.25) is 4.79 Å². The van der Waals surface area contributed by atoms with Crippen molar-refractivity contribution in [2.45, 2.75) is 38.1 Å². The molecule has 342 valence electrons. The monoisotopic (exact) mass is 1040 g/mol. The number of oxime groups is 1. The van der Waals surface area contributed by atoms with Gasteiger partial charge in [-0.15, -0.1) is 0 Å². The lowest BCUT2D eigenvalue weighted by molar-refractivity contribution is -0.105. The number of rotatable bonds is 11. The van der Waals surface area contributed by atoms with Crippen LogP contribution < -0.4 is 15.8 Å². The van der Waals surface area contributed by atoms with Gasteiger partial charge in [0.05, 0.1) is 4.83 Å². The highest BCUT2D eigenvalue weighted by Crippen LogP contribution is 2.31. The van der Waals surface area contributed by atoms with Crippen molar-refractivity contribution in [3.8, 4) is 39.9 Å². The number of nitrogens with two attached hydrogens (primary N) is 1. The van der Waals surface area contributed by atoms with Crippen LogP contribution in [0.3, 0.4) is 0 Å². The van der Waals surface area contributed by atoms with E-state index in [0.717, 1.165) is 29.7 Å². The zero-order valence-electron chi connectivity index (χ0n) is 34.7. The zero-order chi connectivity index (χ0) is 47.8. The van der Waals surface area contributed by atoms with Crippen LogP contribution in [-0.4, -0.2) is 47.9 Å². The van der Waals surface area contributed by atoms with E-state index < -0.39 is 23.4 Å². The number of amides is 1. The van der Waals surface area contributed by atoms with Crippen LogP contribution in [0.1, 0.15) is 54.9 Å². The molecule has 5 aromatic carbocycles. The number of hydrogen-bond donors (Lipinski definition) is 3. The van der Waals surface area contributed by atoms with E-state index in [9.17, 15) is 13.6 Å². The summed E-state index contributed by atoms with van der Waals surface area (Å²) in [6.07, 6.45) is 0.110. The highest BCUT2D eigenvalue weighted by atomic mass is 79.9. The van der Waals surface area contributed by atoms with Gasteiger partial charge in [-0.1, -0.05) is 89.9 Å². The maximum atomic E-state index is 14.2. The van der Waals surface area contributed by atoms with Crippen molar-refractivity contribution in [1.29, 1.82) is 0 Å². The van der Waals surface area contributed by atoms with Crippen molar-refractivity contribution < 1.29 is 37.1 Å². The third-order valence-corrected chi connectivity index (χ3v) is 9.86. The van der Waals surface area contributed by atoms with Crippen LogP contribution in [0.5, 0.6) is 5.75 Å². The first-order valence-corrected chi connectivity index (χ1v) is 21.6. The second kappa shape index (κ2) is 24.7. The molecule has 1 amide bonds. The van der Waals surface area contributed by atoms with E-state index >= 15 is 0 Å². The van der Waals surface area contributed by atoms with E-state index in [1.165, 1.54) is 0 Å². The number of nitrogens with zero attached hydrogens (tertiary/aromatic N) is 7. The molecule has 0 saturated heterocycles. The number of amidine groups is 1. The number of carbonyl (C=O) groups is 1. The number of alkyl halides is 1. The Bertz CT molecular complexity index is 2810. The molecule has 0 bridgehead atoms. The van der Waals surface area contributed by atoms with Crippen LogP contribution in [0.2, 0.25) is 20.1 Å². The highest BCUT2D eigenvalue weighted by molar-refractivity contribution is 9.09. The number of ether oxygens (including phenoxy) is 1. The van der Waals surface area contributed by atoms with Gasteiger partial charge in [0.1, 0.15) is 11.5 Å². The predicted octanol–water partition coefficient (Wildman–Crippen LogP) is 12.6. The fourth-order valence-electron chi connectivity index (χ4n) is 5.08. The summed E-state index contributed by atoms with van der Waals surface area (Å²) in [7, 11) is 0. The number of aromatic nitrogens is 6. The van der Waals surface area contributed by atoms with E-state index in [-0.39, 0.29) is 28.7 Å². The summed E-state index contributed by atoms with van der Waals surface area (Å²) in [5.74, 6) is 0.676. The molecule has 0 spiro atoms. The molecule has 0 radical (unpaired) electrons. The van der Waals surface area contributed by atoms with Gasteiger partial charge in [-0.2, -0.15) is 15.0 Å². The molecule has 2 atom stereocenters. The molecule has 3 heterocycles. The van der Waals surface area contributed by atoms with Crippen molar-refractivity contribution in [3.63, 3.8) is 0 Å². The van der Waals surface area contributed by atoms with Crippen molar-refractivity contribution >= 4 is 80.3 Å². The van der Waals surface area contributed by atoms with Crippen LogP contribution in [0.15, 0.2) is 128 Å². The first-order valence-electron chi connectivity index (χ1n) is 19.2. The molecule has 3 aromatic heterocycles. The largest absolute Gasteiger partial charge is 0.478 e. The smallest absolute Gasteiger partial charge is 0.267 e. The number of hydrogen-bond acceptors (Lipinski definition) is 13. The maximum absolute atomic E-state index is 14.2. The first-order chi connectivity index (χ1) is 31.7. The predicted molar refractivity (Wildman–Crippen MR) is 250 cm³/mol. The third-order valence-electron chi connectivity index (χ3n) is 8.46. The molecule has 0 aliphatic rings. The van der Waals surface area contributed by atoms with Crippen LogP contribution >= 0.6 is 62.3 Å². The number of carbonyl (C=O) groups excluding carboxylic acids is 1. The first kappa shape index (κ1) is 50.6. The lowest BCUT2D eigenvalue weighted by Crippen LogP contribution is -2.12. The van der Waals surface area contributed by atoms with Crippen LogP contribution in [0.4, 0.5) is 14.5 Å². The average molecular weight is 1050 g/mol. The van der Waals surface area contributed by atoms with Crippen molar-refractivity contribution in [2.24, 2.45) is 10.9 Å². The number of benzene rings is 5. The second-order valence-corrected chi connectivity index (χ2v) is 16.3. The van der Waals surface area contributed by atoms with Gasteiger partial charge in [0, 0.05) is 48.8 Å². The van der Waals surface area contributed by atoms with Gasteiger partial charge in [0.25, 0.3) is 5.89 Å². The molecule has 2 unspecified atom stereocenters. The third kappa shape index (κ3) is 14.5. The topological polar surface area (TPSA) is 214 Å². The summed E-state index contributed by atoms with van der Waals surface area (Å²) in [4.78, 5) is 23.2. The van der Waals surface area contributed by atoms with E-state index in [1.807, 2.05) is 43.4 Å². The Morgan fingerprint density at radius 3 is 1.59 bits per heavy atom. The summed E-state index contributed by atoms with van der Waals surface area (Å²) in [6, 6.07) is 30.2. The average Bonchev–Trinajstić information content (AvgIpc) is 4.13. The zero-order valence-corrected chi connectivity index (χ0v) is 39.3. The number of aryl methyl sites for hydroxylation is 1. The number of halogens is 7. The Morgan fingerprint density at radius 2 is 1.17 bits per heavy atom. The fraction of sp³-hybridized carbons (Fsp3) is 0.136. The molecular formula is C44H36BrCl4F2N9O6. The molecule has 15 nitrogen and oxygen atoms in total. The summed E-state index contributed by atoms with van der Waals surface area (Å²) in [6.45, 7) is 5.47. The van der Waals surface area contributed by atoms with Gasteiger partial charge >= 0.3 is 0 Å². The molecular weight excluding hydrogens is 1010 g/mol. The normalized spacial score (nSPS) is 11.7. The van der Waals surface area contributed by atoms with E-state index in [0.29, 0.717) is 60.5 Å². The van der Waals surface area contributed by atoms with E-state index in [4.69, 9.17) is 75.7 Å². The highest BCUT2D eigenvalue weighted by Gasteiger charge is 2.21. The minimum atomic E-state index is -1.04. The lowest BCUT2D eigenvalue weighted by Gasteiger charge is -2.13. The van der Waals surface area contributed by atoms with Gasteiger partial charge in [0.2, 0.25) is 35.7 Å². The van der Waals surface area contributed by atoms with Crippen LogP contribution in [-0.2, 0) is 11.2 Å². The Labute approximate surface area is 404 Å². The minimum Gasteiger partial charge on any atom is -0.478 e. The number of anilines is 1. The van der Waals surface area contributed by atoms with Crippen molar-refractivity contribution in [1.82, 2.24) is 30.4 Å². The molecule has 66 heavy (non-hydrogen) atoms. The van der Waals surface area contributed by atoms with Gasteiger partial charge < -0.3 is 34.6 Å². The Balaban J connectivity index is 0.000000175. The van der Waals surface area contributed by atoms with Crippen LogP contribution in [0.25, 0.3) is 34.2 Å². The van der Waals surface area contributed by atoms with E-state index in [1.54, 1.807) is 79.7 Å². The van der Waals surface area contributed by atoms with Crippen LogP contribution in [0, 0.1) is 11.6 Å². The Hall–Kier alpha value is -6.44. The summed E-state index contributed by atoms with van der Waals surface area (Å²) >= 11 is 26.4. The number of nitrogens with one attached hydrogen (secondary N) is 1. The minimum absolute atomic E-state index is 0.0612. The summed E-state index contributed by atoms with van der Waals surface area (Å²) in [5.41, 5.74) is 7.84. The van der Waals surface area contributed by atoms with Crippen molar-refractivity contribution in [3.05, 3.63) is 164 Å². The molecule has 0 saturated carbocycles. The fourth-order valence-corrected chi connectivity index (χ4v) is 5.77.